The molecule has 0 aliphatic carbocycles. The Bertz CT molecular complexity index is 1480. The monoisotopic (exact) mass is 508 g/mol. The van der Waals surface area contributed by atoms with Crippen LogP contribution in [0.4, 0.5) is 17.3 Å². The van der Waals surface area contributed by atoms with E-state index in [1.165, 1.54) is 0 Å². The number of hydrogen-bond acceptors (Lipinski definition) is 9. The molecule has 2 aromatic carbocycles. The fourth-order valence-corrected chi connectivity index (χ4v) is 4.74. The van der Waals surface area contributed by atoms with Crippen LogP contribution < -0.4 is 14.5 Å². The molecule has 1 N–H and O–H groups in total. The van der Waals surface area contributed by atoms with Gasteiger partial charge in [0.25, 0.3) is 5.95 Å². The van der Waals surface area contributed by atoms with E-state index in [9.17, 15) is 8.42 Å². The molecule has 36 heavy (non-hydrogen) atoms. The molecule has 4 aromatic rings. The molecule has 0 atom stereocenters. The minimum absolute atomic E-state index is 0.461. The number of fused-ring (bicyclic) bond motifs is 1. The van der Waals surface area contributed by atoms with Crippen molar-refractivity contribution < 1.29 is 13.2 Å². The Balaban J connectivity index is 1.59. The molecule has 2 aromatic heterocycles. The highest BCUT2D eigenvalue weighted by Crippen LogP contribution is 2.30. The van der Waals surface area contributed by atoms with Crippen molar-refractivity contribution >= 4 is 33.0 Å². The molecule has 0 amide bonds. The maximum Gasteiger partial charge on any atom is 0.265 e. The van der Waals surface area contributed by atoms with Crippen LogP contribution in [0, 0.1) is 0 Å². The average molecular weight is 509 g/mol. The number of nitrogens with zero attached hydrogens (tertiary/aromatic N) is 7. The minimum atomic E-state index is -3.40. The summed E-state index contributed by atoms with van der Waals surface area (Å²) in [6.07, 6.45) is 4.47. The smallest absolute Gasteiger partial charge is 0.265 e. The van der Waals surface area contributed by atoms with Crippen LogP contribution >= 0.6 is 0 Å². The minimum Gasteiger partial charge on any atom is -0.497 e. The molecule has 188 valence electrons. The zero-order valence-electron chi connectivity index (χ0n) is 20.4. The Labute approximate surface area is 210 Å². The zero-order valence-corrected chi connectivity index (χ0v) is 21.2. The first-order chi connectivity index (χ1) is 17.3. The Kier molecular flexibility index (Phi) is 6.48. The van der Waals surface area contributed by atoms with Gasteiger partial charge in [-0.25, -0.2) is 23.0 Å². The lowest BCUT2D eigenvalue weighted by molar-refractivity contribution is 0.153. The highest BCUT2D eigenvalue weighted by atomic mass is 32.2. The summed E-state index contributed by atoms with van der Waals surface area (Å²) < 4.78 is 33.1. The predicted molar refractivity (Wildman–Crippen MR) is 139 cm³/mol. The average Bonchev–Trinajstić information content (AvgIpc) is 3.28. The van der Waals surface area contributed by atoms with Crippen molar-refractivity contribution in [1.29, 1.82) is 0 Å². The SMILES string of the molecule is COc1cccc(N(c2nc3cncc(-c4cccc(NS(C)(=O)=O)c4)n3n2)N2CCN(C)CC2)c1. The van der Waals surface area contributed by atoms with Gasteiger partial charge in [0.05, 0.1) is 37.1 Å². The molecule has 3 heterocycles. The van der Waals surface area contributed by atoms with Gasteiger partial charge in [0.2, 0.25) is 10.0 Å². The van der Waals surface area contributed by atoms with E-state index in [0.717, 1.165) is 49.4 Å². The van der Waals surface area contributed by atoms with Gasteiger partial charge in [0.1, 0.15) is 5.75 Å². The van der Waals surface area contributed by atoms with Crippen LogP contribution in [0.2, 0.25) is 0 Å². The third-order valence-corrected chi connectivity index (χ3v) is 6.55. The molecule has 0 radical (unpaired) electrons. The number of hydrazine groups is 1. The number of likely N-dealkylation sites (N-methyl/N-ethyl adjacent to an activating group) is 1. The van der Waals surface area contributed by atoms with Gasteiger partial charge in [-0.3, -0.25) is 9.71 Å². The van der Waals surface area contributed by atoms with Crippen LogP contribution in [0.1, 0.15) is 0 Å². The highest BCUT2D eigenvalue weighted by Gasteiger charge is 2.26. The van der Waals surface area contributed by atoms with Crippen molar-refractivity contribution in [3.63, 3.8) is 0 Å². The number of methoxy groups -OCH3 is 1. The Morgan fingerprint density at radius 3 is 2.56 bits per heavy atom. The standard InChI is InChI=1S/C24H28N8O3S/c1-29-10-12-30(13-11-29)32(20-8-5-9-21(15-20)35-2)24-26-23-17-25-16-22(31(23)27-24)18-6-4-7-19(14-18)28-36(3,33)34/h4-9,14-17,28H,10-13H2,1-3H3. The number of hydrogen-bond donors (Lipinski definition) is 1. The number of rotatable bonds is 7. The van der Waals surface area contributed by atoms with Gasteiger partial charge >= 0.3 is 0 Å². The third-order valence-electron chi connectivity index (χ3n) is 5.95. The van der Waals surface area contributed by atoms with E-state index >= 15 is 0 Å². The molecular weight excluding hydrogens is 480 g/mol. The summed E-state index contributed by atoms with van der Waals surface area (Å²) in [6.45, 7) is 3.46. The Morgan fingerprint density at radius 1 is 1.03 bits per heavy atom. The number of ether oxygens (including phenoxy) is 1. The number of nitrogens with one attached hydrogen (secondary N) is 1. The van der Waals surface area contributed by atoms with Crippen molar-refractivity contribution in [2.75, 3.05) is 56.3 Å². The summed E-state index contributed by atoms with van der Waals surface area (Å²) in [5.41, 5.74) is 3.37. The van der Waals surface area contributed by atoms with Crippen LogP contribution in [0.3, 0.4) is 0 Å². The van der Waals surface area contributed by atoms with Crippen LogP contribution in [0.25, 0.3) is 16.9 Å². The third kappa shape index (κ3) is 5.10. The van der Waals surface area contributed by atoms with E-state index in [-0.39, 0.29) is 0 Å². The van der Waals surface area contributed by atoms with Crippen LogP contribution in [-0.4, -0.2) is 84.5 Å². The van der Waals surface area contributed by atoms with E-state index in [2.05, 4.69) is 26.7 Å². The summed E-state index contributed by atoms with van der Waals surface area (Å²) in [5.74, 6) is 1.25. The number of sulfonamides is 1. The lowest BCUT2D eigenvalue weighted by Crippen LogP contribution is -2.51. The van der Waals surface area contributed by atoms with Crippen molar-refractivity contribution in [1.82, 2.24) is 29.5 Å². The number of piperazine rings is 1. The maximum absolute atomic E-state index is 11.7. The number of anilines is 3. The second-order valence-electron chi connectivity index (χ2n) is 8.70. The van der Waals surface area contributed by atoms with E-state index < -0.39 is 10.0 Å². The van der Waals surface area contributed by atoms with Crippen molar-refractivity contribution in [3.05, 3.63) is 60.9 Å². The largest absolute Gasteiger partial charge is 0.497 e. The lowest BCUT2D eigenvalue weighted by Gasteiger charge is -2.39. The van der Waals surface area contributed by atoms with Gasteiger partial charge in [0, 0.05) is 43.5 Å². The second kappa shape index (κ2) is 9.72. The number of benzene rings is 2. The molecule has 0 unspecified atom stereocenters. The fraction of sp³-hybridized carbons (Fsp3) is 0.292. The summed E-state index contributed by atoms with van der Waals surface area (Å²) in [7, 11) is 0.353. The van der Waals surface area contributed by atoms with E-state index in [0.29, 0.717) is 23.0 Å². The first-order valence-corrected chi connectivity index (χ1v) is 13.4. The summed E-state index contributed by atoms with van der Waals surface area (Å²) in [4.78, 5) is 11.5. The molecule has 0 bridgehead atoms. The van der Waals surface area contributed by atoms with Crippen molar-refractivity contribution in [2.45, 2.75) is 0 Å². The Morgan fingerprint density at radius 2 is 1.81 bits per heavy atom. The normalized spacial score (nSPS) is 15.2. The zero-order chi connectivity index (χ0) is 25.3. The van der Waals surface area contributed by atoms with Gasteiger partial charge in [-0.15, -0.1) is 5.10 Å². The molecule has 1 aliphatic rings. The van der Waals surface area contributed by atoms with Crippen molar-refractivity contribution in [3.8, 4) is 17.0 Å². The van der Waals surface area contributed by atoms with Crippen LogP contribution in [0.15, 0.2) is 60.9 Å². The van der Waals surface area contributed by atoms with Gasteiger partial charge < -0.3 is 9.64 Å². The molecule has 12 heteroatoms. The van der Waals surface area contributed by atoms with E-state index in [1.54, 1.807) is 42.2 Å². The van der Waals surface area contributed by atoms with Gasteiger partial charge in [-0.2, -0.15) is 4.98 Å². The van der Waals surface area contributed by atoms with Crippen LogP contribution in [0.5, 0.6) is 5.75 Å². The van der Waals surface area contributed by atoms with Gasteiger partial charge in [-0.1, -0.05) is 18.2 Å². The van der Waals surface area contributed by atoms with E-state index in [4.69, 9.17) is 14.8 Å². The molecule has 1 saturated heterocycles. The topological polar surface area (TPSA) is 108 Å². The molecule has 1 aliphatic heterocycles. The Hall–Kier alpha value is -3.74. The quantitative estimate of drug-likeness (QED) is 0.403. The molecule has 1 fully saturated rings. The molecule has 0 spiro atoms. The first-order valence-electron chi connectivity index (χ1n) is 11.5. The fourth-order valence-electron chi connectivity index (χ4n) is 4.19. The second-order valence-corrected chi connectivity index (χ2v) is 10.4. The predicted octanol–water partition coefficient (Wildman–Crippen LogP) is 2.47. The van der Waals surface area contributed by atoms with E-state index in [1.807, 2.05) is 35.3 Å². The van der Waals surface area contributed by atoms with Gasteiger partial charge in [-0.05, 0) is 31.3 Å². The molecule has 0 saturated carbocycles. The summed E-state index contributed by atoms with van der Waals surface area (Å²) in [6, 6.07) is 14.9. The maximum atomic E-state index is 11.7. The number of aromatic nitrogens is 4. The molecular formula is C24H28N8O3S. The molecule has 5 rings (SSSR count). The molecule has 11 nitrogen and oxygen atoms in total. The van der Waals surface area contributed by atoms with Gasteiger partial charge in [0.15, 0.2) is 5.65 Å². The van der Waals surface area contributed by atoms with Crippen molar-refractivity contribution in [2.24, 2.45) is 0 Å². The summed E-state index contributed by atoms with van der Waals surface area (Å²) >= 11 is 0. The lowest BCUT2D eigenvalue weighted by atomic mass is 10.1. The highest BCUT2D eigenvalue weighted by molar-refractivity contribution is 7.92. The first kappa shape index (κ1) is 24.0. The van der Waals surface area contributed by atoms with Crippen LogP contribution in [-0.2, 0) is 10.0 Å². The summed E-state index contributed by atoms with van der Waals surface area (Å²) in [5, 5.41) is 9.13.